The zero-order valence-corrected chi connectivity index (χ0v) is 12.9. The number of nitrogens with one attached hydrogen (secondary N) is 1. The molecule has 2 amide bonds. The van der Waals surface area contributed by atoms with Crippen LogP contribution in [0.4, 0.5) is 9.93 Å². The van der Waals surface area contributed by atoms with Crippen molar-refractivity contribution in [3.05, 3.63) is 0 Å². The summed E-state index contributed by atoms with van der Waals surface area (Å²) in [6, 6.07) is -0.563. The summed E-state index contributed by atoms with van der Waals surface area (Å²) in [5, 5.41) is 10.4. The number of nitrogens with zero attached hydrogens (tertiary/aromatic N) is 4. The van der Waals surface area contributed by atoms with E-state index in [9.17, 15) is 13.2 Å². The van der Waals surface area contributed by atoms with Crippen LogP contribution in [-0.2, 0) is 14.8 Å². The maximum atomic E-state index is 11.9. The highest BCUT2D eigenvalue weighted by atomic mass is 32.2. The molecule has 1 N–H and O–H groups in total. The van der Waals surface area contributed by atoms with Gasteiger partial charge in [0, 0.05) is 27.7 Å². The monoisotopic (exact) mass is 321 g/mol. The van der Waals surface area contributed by atoms with Gasteiger partial charge in [-0.15, -0.1) is 10.2 Å². The van der Waals surface area contributed by atoms with Gasteiger partial charge in [0.15, 0.2) is 0 Å². The molecule has 0 spiro atoms. The summed E-state index contributed by atoms with van der Waals surface area (Å²) in [7, 11) is 0.705. The minimum absolute atomic E-state index is 0.145. The zero-order valence-electron chi connectivity index (χ0n) is 11.2. The van der Waals surface area contributed by atoms with Crippen molar-refractivity contribution in [2.75, 3.05) is 39.3 Å². The highest BCUT2D eigenvalue weighted by Gasteiger charge is 2.35. The molecule has 11 heteroatoms. The fourth-order valence-electron chi connectivity index (χ4n) is 1.68. The van der Waals surface area contributed by atoms with Crippen molar-refractivity contribution >= 4 is 32.5 Å². The minimum atomic E-state index is -3.64. The SMILES string of the molecule is COCC1CNC(=O)N1c1nnc(S(=O)(=O)N(C)C)s1. The van der Waals surface area contributed by atoms with Gasteiger partial charge in [-0.1, -0.05) is 11.3 Å². The third-order valence-corrected chi connectivity index (χ3v) is 5.82. The highest BCUT2D eigenvalue weighted by molar-refractivity contribution is 7.91. The number of methoxy groups -OCH3 is 1. The number of amides is 2. The normalized spacial score (nSPS) is 19.7. The van der Waals surface area contributed by atoms with Crippen molar-refractivity contribution in [1.82, 2.24) is 19.8 Å². The number of hydrogen-bond acceptors (Lipinski definition) is 7. The molecular formula is C9H15N5O4S2. The summed E-state index contributed by atoms with van der Waals surface area (Å²) in [6.07, 6.45) is 0. The lowest BCUT2D eigenvalue weighted by Crippen LogP contribution is -2.36. The fourth-order valence-corrected chi connectivity index (χ4v) is 3.87. The van der Waals surface area contributed by atoms with Gasteiger partial charge in [-0.25, -0.2) is 17.5 Å². The molecule has 0 aliphatic carbocycles. The molecule has 1 aliphatic rings. The number of anilines is 1. The molecule has 0 bridgehead atoms. The average Bonchev–Trinajstić information content (AvgIpc) is 2.97. The molecule has 1 aromatic rings. The fraction of sp³-hybridized carbons (Fsp3) is 0.667. The van der Waals surface area contributed by atoms with Gasteiger partial charge < -0.3 is 10.1 Å². The summed E-state index contributed by atoms with van der Waals surface area (Å²) in [6.45, 7) is 0.746. The molecule has 2 heterocycles. The Hall–Kier alpha value is -1.30. The molecule has 0 aromatic carbocycles. The van der Waals surface area contributed by atoms with Gasteiger partial charge in [-0.2, -0.15) is 0 Å². The van der Waals surface area contributed by atoms with E-state index in [1.54, 1.807) is 0 Å². The third kappa shape index (κ3) is 2.61. The molecule has 9 nitrogen and oxygen atoms in total. The maximum absolute atomic E-state index is 11.9. The Bertz CT molecular complexity index is 599. The van der Waals surface area contributed by atoms with E-state index in [-0.39, 0.29) is 21.5 Å². The molecule has 1 saturated heterocycles. The molecule has 1 aliphatic heterocycles. The summed E-state index contributed by atoms with van der Waals surface area (Å²) in [4.78, 5) is 13.2. The molecule has 2 rings (SSSR count). The van der Waals surface area contributed by atoms with Crippen molar-refractivity contribution in [2.45, 2.75) is 10.4 Å². The largest absolute Gasteiger partial charge is 0.382 e. The Kier molecular flexibility index (Phi) is 4.22. The zero-order chi connectivity index (χ0) is 14.9. The third-order valence-electron chi connectivity index (χ3n) is 2.74. The number of urea groups is 1. The number of aromatic nitrogens is 2. The average molecular weight is 321 g/mol. The molecule has 1 aromatic heterocycles. The summed E-state index contributed by atoms with van der Waals surface area (Å²) >= 11 is 0.856. The Labute approximate surface area is 120 Å². The predicted octanol–water partition coefficient (Wildman–Crippen LogP) is -0.667. The van der Waals surface area contributed by atoms with Crippen LogP contribution in [0.25, 0.3) is 0 Å². The first-order valence-corrected chi connectivity index (χ1v) is 7.95. The van der Waals surface area contributed by atoms with Crippen LogP contribution in [0.5, 0.6) is 0 Å². The van der Waals surface area contributed by atoms with Crippen molar-refractivity contribution < 1.29 is 17.9 Å². The van der Waals surface area contributed by atoms with Gasteiger partial charge in [0.05, 0.1) is 12.6 Å². The molecule has 1 unspecified atom stereocenters. The molecular weight excluding hydrogens is 306 g/mol. The van der Waals surface area contributed by atoms with Crippen LogP contribution in [0.3, 0.4) is 0 Å². The topological polar surface area (TPSA) is 105 Å². The first kappa shape index (κ1) is 15.1. The standard InChI is InChI=1S/C9H15N5O4S2/c1-13(2)20(16,17)9-12-11-8(19-9)14-6(5-18-3)4-10-7(14)15/h6H,4-5H2,1-3H3,(H,10,15). The van der Waals surface area contributed by atoms with Crippen molar-refractivity contribution in [1.29, 1.82) is 0 Å². The Balaban J connectivity index is 2.30. The predicted molar refractivity (Wildman–Crippen MR) is 72.3 cm³/mol. The van der Waals surface area contributed by atoms with E-state index in [0.717, 1.165) is 15.6 Å². The lowest BCUT2D eigenvalue weighted by molar-refractivity contribution is 0.183. The van der Waals surface area contributed by atoms with E-state index >= 15 is 0 Å². The van der Waals surface area contributed by atoms with Crippen LogP contribution >= 0.6 is 11.3 Å². The number of carbonyl (C=O) groups is 1. The second-order valence-electron chi connectivity index (χ2n) is 4.30. The van der Waals surface area contributed by atoms with Gasteiger partial charge in [-0.05, 0) is 0 Å². The number of rotatable bonds is 5. The van der Waals surface area contributed by atoms with Crippen molar-refractivity contribution in [3.63, 3.8) is 0 Å². The second kappa shape index (κ2) is 5.60. The molecule has 1 fully saturated rings. The van der Waals surface area contributed by atoms with E-state index in [1.165, 1.54) is 26.1 Å². The van der Waals surface area contributed by atoms with E-state index in [4.69, 9.17) is 4.74 Å². The van der Waals surface area contributed by atoms with Crippen LogP contribution in [0.1, 0.15) is 0 Å². The number of ether oxygens (including phenoxy) is 1. The Morgan fingerprint density at radius 2 is 2.20 bits per heavy atom. The van der Waals surface area contributed by atoms with Gasteiger partial charge >= 0.3 is 6.03 Å². The van der Waals surface area contributed by atoms with Crippen LogP contribution in [0.15, 0.2) is 4.34 Å². The highest BCUT2D eigenvalue weighted by Crippen LogP contribution is 2.28. The maximum Gasteiger partial charge on any atom is 0.324 e. The van der Waals surface area contributed by atoms with Crippen LogP contribution in [0.2, 0.25) is 0 Å². The molecule has 112 valence electrons. The first-order valence-electron chi connectivity index (χ1n) is 5.70. The van der Waals surface area contributed by atoms with Crippen molar-refractivity contribution in [3.8, 4) is 0 Å². The van der Waals surface area contributed by atoms with E-state index in [2.05, 4.69) is 15.5 Å². The van der Waals surface area contributed by atoms with Gasteiger partial charge in [0.25, 0.3) is 10.0 Å². The van der Waals surface area contributed by atoms with Crippen molar-refractivity contribution in [2.24, 2.45) is 0 Å². The van der Waals surface area contributed by atoms with E-state index < -0.39 is 10.0 Å². The molecule has 0 radical (unpaired) electrons. The number of sulfonamides is 1. The summed E-state index contributed by atoms with van der Waals surface area (Å²) in [5.74, 6) is 0. The molecule has 1 atom stereocenters. The Morgan fingerprint density at radius 3 is 2.80 bits per heavy atom. The Morgan fingerprint density at radius 1 is 1.50 bits per heavy atom. The summed E-state index contributed by atoms with van der Waals surface area (Å²) < 4.78 is 29.8. The van der Waals surface area contributed by atoms with Crippen LogP contribution in [0, 0.1) is 0 Å². The van der Waals surface area contributed by atoms with Gasteiger partial charge in [0.1, 0.15) is 0 Å². The molecule has 0 saturated carbocycles. The summed E-state index contributed by atoms with van der Waals surface area (Å²) in [5.41, 5.74) is 0. The van der Waals surface area contributed by atoms with Crippen LogP contribution in [-0.4, -0.2) is 69.4 Å². The lowest BCUT2D eigenvalue weighted by Gasteiger charge is -2.18. The number of hydrogen-bond donors (Lipinski definition) is 1. The first-order chi connectivity index (χ1) is 9.37. The lowest BCUT2D eigenvalue weighted by atomic mass is 10.3. The smallest absolute Gasteiger partial charge is 0.324 e. The van der Waals surface area contributed by atoms with Crippen LogP contribution < -0.4 is 10.2 Å². The van der Waals surface area contributed by atoms with E-state index in [0.29, 0.717) is 13.2 Å². The van der Waals surface area contributed by atoms with E-state index in [1.807, 2.05) is 0 Å². The van der Waals surface area contributed by atoms with Gasteiger partial charge in [-0.3, -0.25) is 4.90 Å². The minimum Gasteiger partial charge on any atom is -0.382 e. The van der Waals surface area contributed by atoms with Gasteiger partial charge in [0.2, 0.25) is 9.47 Å². The quantitative estimate of drug-likeness (QED) is 0.721. The number of carbonyl (C=O) groups excluding carboxylic acids is 1. The molecule has 20 heavy (non-hydrogen) atoms. The second-order valence-corrected chi connectivity index (χ2v) is 7.58.